The molecule has 0 radical (unpaired) electrons. The lowest BCUT2D eigenvalue weighted by Crippen LogP contribution is -2.40. The molecule has 2 heterocycles. The van der Waals surface area contributed by atoms with Crippen LogP contribution < -0.4 is 5.73 Å². The Kier molecular flexibility index (Phi) is 4.02. The number of rotatable bonds is 3. The van der Waals surface area contributed by atoms with E-state index in [0.717, 1.165) is 12.8 Å². The highest BCUT2D eigenvalue weighted by Crippen LogP contribution is 2.27. The largest absolute Gasteiger partial charge is 0.390 e. The minimum atomic E-state index is 0.0457. The van der Waals surface area contributed by atoms with Crippen LogP contribution in [0.2, 0.25) is 0 Å². The molecule has 1 aliphatic heterocycles. The molecule has 1 saturated heterocycles. The number of anilines is 1. The molecular formula is C12H18N2O2S. The van der Waals surface area contributed by atoms with Crippen molar-refractivity contribution in [2.75, 3.05) is 32.0 Å². The van der Waals surface area contributed by atoms with Gasteiger partial charge in [0, 0.05) is 18.0 Å². The van der Waals surface area contributed by atoms with Gasteiger partial charge in [0.05, 0.1) is 23.8 Å². The van der Waals surface area contributed by atoms with Gasteiger partial charge in [0.2, 0.25) is 0 Å². The summed E-state index contributed by atoms with van der Waals surface area (Å²) < 4.78 is 5.24. The smallest absolute Gasteiger partial charge is 0.257 e. The van der Waals surface area contributed by atoms with Crippen molar-refractivity contribution < 1.29 is 9.53 Å². The van der Waals surface area contributed by atoms with Crippen LogP contribution in [-0.4, -0.2) is 37.1 Å². The number of hydrogen-bond acceptors (Lipinski definition) is 4. The van der Waals surface area contributed by atoms with Gasteiger partial charge in [-0.1, -0.05) is 13.3 Å². The number of aryl methyl sites for hydroxylation is 1. The second-order valence-electron chi connectivity index (χ2n) is 4.15. The molecule has 17 heavy (non-hydrogen) atoms. The van der Waals surface area contributed by atoms with Crippen molar-refractivity contribution in [1.29, 1.82) is 0 Å². The van der Waals surface area contributed by atoms with Crippen LogP contribution in [0.5, 0.6) is 0 Å². The summed E-state index contributed by atoms with van der Waals surface area (Å²) in [6, 6.07) is 1.95. The third-order valence-electron chi connectivity index (χ3n) is 2.84. The highest BCUT2D eigenvalue weighted by molar-refractivity contribution is 7.16. The third-order valence-corrected chi connectivity index (χ3v) is 3.86. The Hall–Kier alpha value is -1.07. The van der Waals surface area contributed by atoms with E-state index in [1.165, 1.54) is 16.2 Å². The average molecular weight is 254 g/mol. The lowest BCUT2D eigenvalue weighted by molar-refractivity contribution is 0.0304. The average Bonchev–Trinajstić information content (AvgIpc) is 2.71. The SMILES string of the molecule is CCCc1cc(C(=O)N2CCOCC2)c(N)s1. The number of amides is 1. The van der Waals surface area contributed by atoms with Crippen LogP contribution in [0, 0.1) is 0 Å². The van der Waals surface area contributed by atoms with Gasteiger partial charge in [-0.3, -0.25) is 4.79 Å². The molecule has 1 aliphatic rings. The second-order valence-corrected chi connectivity index (χ2v) is 5.31. The molecule has 0 saturated carbocycles. The van der Waals surface area contributed by atoms with Crippen molar-refractivity contribution in [2.45, 2.75) is 19.8 Å². The first-order valence-electron chi connectivity index (χ1n) is 5.97. The zero-order valence-electron chi connectivity index (χ0n) is 10.1. The first-order chi connectivity index (χ1) is 8.22. The molecule has 1 aromatic heterocycles. The maximum atomic E-state index is 12.2. The van der Waals surface area contributed by atoms with E-state index >= 15 is 0 Å². The van der Waals surface area contributed by atoms with Crippen LogP contribution in [-0.2, 0) is 11.2 Å². The standard InChI is InChI=1S/C12H18N2O2S/c1-2-3-9-8-10(11(13)17-9)12(15)14-4-6-16-7-5-14/h8H,2-7,13H2,1H3. The Morgan fingerprint density at radius 1 is 1.53 bits per heavy atom. The Bertz CT molecular complexity index is 397. The van der Waals surface area contributed by atoms with Crippen LogP contribution in [0.3, 0.4) is 0 Å². The van der Waals surface area contributed by atoms with E-state index in [4.69, 9.17) is 10.5 Å². The first-order valence-corrected chi connectivity index (χ1v) is 6.79. The fourth-order valence-corrected chi connectivity index (χ4v) is 2.95. The number of ether oxygens (including phenoxy) is 1. The maximum Gasteiger partial charge on any atom is 0.257 e. The summed E-state index contributed by atoms with van der Waals surface area (Å²) in [7, 11) is 0. The summed E-state index contributed by atoms with van der Waals surface area (Å²) in [4.78, 5) is 15.2. The summed E-state index contributed by atoms with van der Waals surface area (Å²) in [6.45, 7) is 4.70. The van der Waals surface area contributed by atoms with E-state index < -0.39 is 0 Å². The van der Waals surface area contributed by atoms with Gasteiger partial charge in [-0.05, 0) is 12.5 Å². The number of morpholine rings is 1. The van der Waals surface area contributed by atoms with Crippen LogP contribution in [0.25, 0.3) is 0 Å². The number of hydrogen-bond donors (Lipinski definition) is 1. The van der Waals surface area contributed by atoms with Crippen molar-refractivity contribution in [3.05, 3.63) is 16.5 Å². The molecule has 0 bridgehead atoms. The van der Waals surface area contributed by atoms with Gasteiger partial charge in [0.1, 0.15) is 0 Å². The number of carbonyl (C=O) groups is 1. The normalized spacial score (nSPS) is 16.2. The highest BCUT2D eigenvalue weighted by Gasteiger charge is 2.22. The number of nitrogens with two attached hydrogens (primary N) is 1. The third kappa shape index (κ3) is 2.79. The molecule has 1 fully saturated rings. The Labute approximate surface area is 105 Å². The maximum absolute atomic E-state index is 12.2. The predicted octanol–water partition coefficient (Wildman–Crippen LogP) is 1.76. The molecule has 0 spiro atoms. The molecule has 1 aromatic rings. The van der Waals surface area contributed by atoms with Gasteiger partial charge in [-0.2, -0.15) is 0 Å². The van der Waals surface area contributed by atoms with Crippen molar-refractivity contribution >= 4 is 22.2 Å². The Balaban J connectivity index is 2.12. The topological polar surface area (TPSA) is 55.6 Å². The lowest BCUT2D eigenvalue weighted by atomic mass is 10.2. The van der Waals surface area contributed by atoms with Crippen LogP contribution in [0.15, 0.2) is 6.07 Å². The summed E-state index contributed by atoms with van der Waals surface area (Å²) in [5.74, 6) is 0.0457. The number of thiophene rings is 1. The molecule has 1 amide bonds. The summed E-state index contributed by atoms with van der Waals surface area (Å²) in [5.41, 5.74) is 6.59. The number of nitrogen functional groups attached to an aromatic ring is 1. The van der Waals surface area contributed by atoms with Crippen LogP contribution in [0.4, 0.5) is 5.00 Å². The molecule has 0 unspecified atom stereocenters. The van der Waals surface area contributed by atoms with Crippen molar-refractivity contribution in [3.8, 4) is 0 Å². The van der Waals surface area contributed by atoms with Gasteiger partial charge in [0.15, 0.2) is 0 Å². The summed E-state index contributed by atoms with van der Waals surface area (Å²) >= 11 is 1.53. The van der Waals surface area contributed by atoms with Gasteiger partial charge in [0.25, 0.3) is 5.91 Å². The summed E-state index contributed by atoms with van der Waals surface area (Å²) in [5, 5.41) is 0.643. The van der Waals surface area contributed by atoms with Crippen LogP contribution >= 0.6 is 11.3 Å². The van der Waals surface area contributed by atoms with E-state index in [9.17, 15) is 4.79 Å². The second kappa shape index (κ2) is 5.51. The van der Waals surface area contributed by atoms with Gasteiger partial charge < -0.3 is 15.4 Å². The van der Waals surface area contributed by atoms with E-state index in [-0.39, 0.29) is 5.91 Å². The first kappa shape index (κ1) is 12.4. The molecular weight excluding hydrogens is 236 g/mol. The monoisotopic (exact) mass is 254 g/mol. The quantitative estimate of drug-likeness (QED) is 0.894. The van der Waals surface area contributed by atoms with Gasteiger partial charge >= 0.3 is 0 Å². The molecule has 0 aromatic carbocycles. The van der Waals surface area contributed by atoms with E-state index in [0.29, 0.717) is 36.9 Å². The molecule has 0 aliphatic carbocycles. The number of carbonyl (C=O) groups excluding carboxylic acids is 1. The zero-order valence-corrected chi connectivity index (χ0v) is 10.9. The minimum Gasteiger partial charge on any atom is -0.390 e. The molecule has 4 nitrogen and oxygen atoms in total. The van der Waals surface area contributed by atoms with Crippen molar-refractivity contribution in [2.24, 2.45) is 0 Å². The van der Waals surface area contributed by atoms with E-state index in [2.05, 4.69) is 6.92 Å². The summed E-state index contributed by atoms with van der Waals surface area (Å²) in [6.07, 6.45) is 2.07. The van der Waals surface area contributed by atoms with Crippen molar-refractivity contribution in [1.82, 2.24) is 4.90 Å². The Morgan fingerprint density at radius 2 is 2.24 bits per heavy atom. The molecule has 2 rings (SSSR count). The van der Waals surface area contributed by atoms with Gasteiger partial charge in [-0.15, -0.1) is 11.3 Å². The minimum absolute atomic E-state index is 0.0457. The van der Waals surface area contributed by atoms with E-state index in [1.54, 1.807) is 0 Å². The highest BCUT2D eigenvalue weighted by atomic mass is 32.1. The molecule has 0 atom stereocenters. The van der Waals surface area contributed by atoms with Crippen LogP contribution in [0.1, 0.15) is 28.6 Å². The lowest BCUT2D eigenvalue weighted by Gasteiger charge is -2.26. The Morgan fingerprint density at radius 3 is 2.88 bits per heavy atom. The van der Waals surface area contributed by atoms with Crippen molar-refractivity contribution in [3.63, 3.8) is 0 Å². The predicted molar refractivity (Wildman–Crippen MR) is 69.4 cm³/mol. The molecule has 5 heteroatoms. The molecule has 94 valence electrons. The zero-order chi connectivity index (χ0) is 12.3. The number of nitrogens with zero attached hydrogens (tertiary/aromatic N) is 1. The van der Waals surface area contributed by atoms with Gasteiger partial charge in [-0.25, -0.2) is 0 Å². The molecule has 2 N–H and O–H groups in total. The fraction of sp³-hybridized carbons (Fsp3) is 0.583. The van der Waals surface area contributed by atoms with E-state index in [1.807, 2.05) is 11.0 Å². The fourth-order valence-electron chi connectivity index (χ4n) is 1.93.